The standard InChI is InChI=1S/C20H16FN3O3/c1-27-20(26)13-4-2-12(3-5-13)16-10-18(25)23-19-17(16)11-22-24(19)15-8-6-14(21)7-9-15/h2-9,11,16H,10H2,1H3,(H,23,25)/t16-/m0/s1. The van der Waals surface area contributed by atoms with Gasteiger partial charge in [0.15, 0.2) is 0 Å². The van der Waals surface area contributed by atoms with Gasteiger partial charge in [-0.1, -0.05) is 12.1 Å². The molecule has 0 fully saturated rings. The van der Waals surface area contributed by atoms with E-state index in [9.17, 15) is 14.0 Å². The van der Waals surface area contributed by atoms with Crippen LogP contribution in [0.4, 0.5) is 10.2 Å². The van der Waals surface area contributed by atoms with Crippen LogP contribution in [0.5, 0.6) is 0 Å². The van der Waals surface area contributed by atoms with Crippen LogP contribution in [0.2, 0.25) is 0 Å². The lowest BCUT2D eigenvalue weighted by atomic mass is 9.87. The van der Waals surface area contributed by atoms with Crippen LogP contribution < -0.4 is 5.32 Å². The van der Waals surface area contributed by atoms with Crippen molar-refractivity contribution in [2.45, 2.75) is 12.3 Å². The summed E-state index contributed by atoms with van der Waals surface area (Å²) in [5.74, 6) is -0.497. The average Bonchev–Trinajstić information content (AvgIpc) is 3.11. The summed E-state index contributed by atoms with van der Waals surface area (Å²) in [6.45, 7) is 0. The van der Waals surface area contributed by atoms with E-state index in [1.807, 2.05) is 12.1 Å². The number of rotatable bonds is 3. The Balaban J connectivity index is 1.72. The molecule has 0 bridgehead atoms. The SMILES string of the molecule is COC(=O)c1ccc([C@@H]2CC(=O)Nc3c2cnn3-c2ccc(F)cc2)cc1. The molecule has 27 heavy (non-hydrogen) atoms. The van der Waals surface area contributed by atoms with Crippen LogP contribution in [-0.2, 0) is 9.53 Å². The lowest BCUT2D eigenvalue weighted by molar-refractivity contribution is -0.116. The van der Waals surface area contributed by atoms with E-state index in [-0.39, 0.29) is 24.1 Å². The summed E-state index contributed by atoms with van der Waals surface area (Å²) in [6, 6.07) is 12.9. The van der Waals surface area contributed by atoms with Crippen LogP contribution in [-0.4, -0.2) is 28.8 Å². The Bertz CT molecular complexity index is 1010. The van der Waals surface area contributed by atoms with Crippen LogP contribution >= 0.6 is 0 Å². The zero-order valence-electron chi connectivity index (χ0n) is 14.5. The Hall–Kier alpha value is -3.48. The molecule has 0 saturated heterocycles. The molecule has 0 saturated carbocycles. The molecule has 2 aromatic carbocycles. The molecule has 0 spiro atoms. The van der Waals surface area contributed by atoms with E-state index >= 15 is 0 Å². The number of hydrogen-bond donors (Lipinski definition) is 1. The van der Waals surface area contributed by atoms with Crippen molar-refractivity contribution in [3.63, 3.8) is 0 Å². The number of ether oxygens (including phenoxy) is 1. The van der Waals surface area contributed by atoms with Gasteiger partial charge < -0.3 is 10.1 Å². The second-order valence-electron chi connectivity index (χ2n) is 6.26. The summed E-state index contributed by atoms with van der Waals surface area (Å²) in [5.41, 5.74) is 2.87. The van der Waals surface area contributed by atoms with E-state index in [2.05, 4.69) is 10.4 Å². The molecule has 1 aliphatic rings. The molecule has 1 aliphatic heterocycles. The Morgan fingerprint density at radius 3 is 2.56 bits per heavy atom. The first-order valence-corrected chi connectivity index (χ1v) is 8.39. The van der Waals surface area contributed by atoms with Gasteiger partial charge in [-0.2, -0.15) is 5.10 Å². The van der Waals surface area contributed by atoms with Gasteiger partial charge in [0.05, 0.1) is 24.6 Å². The first-order chi connectivity index (χ1) is 13.1. The van der Waals surface area contributed by atoms with E-state index in [0.29, 0.717) is 17.1 Å². The van der Waals surface area contributed by atoms with Gasteiger partial charge in [0.2, 0.25) is 5.91 Å². The number of benzene rings is 2. The maximum atomic E-state index is 13.2. The molecule has 0 aliphatic carbocycles. The fourth-order valence-corrected chi connectivity index (χ4v) is 3.26. The second-order valence-corrected chi connectivity index (χ2v) is 6.26. The van der Waals surface area contributed by atoms with Crippen LogP contribution in [0, 0.1) is 5.82 Å². The van der Waals surface area contributed by atoms with Gasteiger partial charge in [0.25, 0.3) is 0 Å². The molecule has 136 valence electrons. The maximum absolute atomic E-state index is 13.2. The molecule has 2 heterocycles. The van der Waals surface area contributed by atoms with Gasteiger partial charge in [0, 0.05) is 17.9 Å². The first-order valence-electron chi connectivity index (χ1n) is 8.39. The third-order valence-electron chi connectivity index (χ3n) is 4.63. The normalized spacial score (nSPS) is 15.8. The van der Waals surface area contributed by atoms with E-state index in [1.165, 1.54) is 19.2 Å². The summed E-state index contributed by atoms with van der Waals surface area (Å²) >= 11 is 0. The summed E-state index contributed by atoms with van der Waals surface area (Å²) in [5, 5.41) is 7.23. The predicted molar refractivity (Wildman–Crippen MR) is 96.4 cm³/mol. The number of anilines is 1. The molecular formula is C20H16FN3O3. The number of nitrogens with one attached hydrogen (secondary N) is 1. The van der Waals surface area contributed by atoms with Gasteiger partial charge >= 0.3 is 5.97 Å². The summed E-state index contributed by atoms with van der Waals surface area (Å²) in [4.78, 5) is 23.9. The van der Waals surface area contributed by atoms with E-state index in [1.54, 1.807) is 35.1 Å². The zero-order chi connectivity index (χ0) is 19.0. The third-order valence-corrected chi connectivity index (χ3v) is 4.63. The highest BCUT2D eigenvalue weighted by Gasteiger charge is 2.30. The molecule has 1 aromatic heterocycles. The number of aromatic nitrogens is 2. The van der Waals surface area contributed by atoms with E-state index < -0.39 is 5.97 Å². The Morgan fingerprint density at radius 2 is 1.89 bits per heavy atom. The van der Waals surface area contributed by atoms with E-state index in [4.69, 9.17) is 4.74 Å². The lowest BCUT2D eigenvalue weighted by Gasteiger charge is -2.24. The van der Waals surface area contributed by atoms with Crippen LogP contribution in [0.25, 0.3) is 5.69 Å². The number of carbonyl (C=O) groups is 2. The third kappa shape index (κ3) is 3.08. The summed E-state index contributed by atoms with van der Waals surface area (Å²) in [7, 11) is 1.33. The number of carbonyl (C=O) groups excluding carboxylic acids is 2. The molecule has 7 heteroatoms. The minimum atomic E-state index is -0.409. The molecule has 1 atom stereocenters. The molecule has 1 amide bonds. The van der Waals surface area contributed by atoms with Crippen molar-refractivity contribution in [3.05, 3.63) is 77.2 Å². The van der Waals surface area contributed by atoms with Gasteiger partial charge in [-0.3, -0.25) is 4.79 Å². The largest absolute Gasteiger partial charge is 0.465 e. The quantitative estimate of drug-likeness (QED) is 0.723. The van der Waals surface area contributed by atoms with Gasteiger partial charge in [-0.25, -0.2) is 13.9 Å². The van der Waals surface area contributed by atoms with Crippen molar-refractivity contribution in [3.8, 4) is 5.69 Å². The van der Waals surface area contributed by atoms with Crippen LogP contribution in [0.15, 0.2) is 54.7 Å². The molecule has 1 N–H and O–H groups in total. The van der Waals surface area contributed by atoms with Crippen molar-refractivity contribution >= 4 is 17.7 Å². The van der Waals surface area contributed by atoms with Gasteiger partial charge in [-0.15, -0.1) is 0 Å². The number of esters is 1. The summed E-state index contributed by atoms with van der Waals surface area (Å²) < 4.78 is 19.5. The predicted octanol–water partition coefficient (Wildman–Crippen LogP) is 3.27. The molecule has 0 radical (unpaired) electrons. The minimum Gasteiger partial charge on any atom is -0.465 e. The number of fused-ring (bicyclic) bond motifs is 1. The monoisotopic (exact) mass is 365 g/mol. The number of halogens is 1. The Morgan fingerprint density at radius 1 is 1.19 bits per heavy atom. The average molecular weight is 365 g/mol. The first kappa shape index (κ1) is 17.0. The highest BCUT2D eigenvalue weighted by Crippen LogP contribution is 2.38. The molecular weight excluding hydrogens is 349 g/mol. The Kier molecular flexibility index (Phi) is 4.19. The van der Waals surface area contributed by atoms with Gasteiger partial charge in [0.1, 0.15) is 11.6 Å². The lowest BCUT2D eigenvalue weighted by Crippen LogP contribution is -2.24. The molecule has 6 nitrogen and oxygen atoms in total. The highest BCUT2D eigenvalue weighted by atomic mass is 19.1. The van der Waals surface area contributed by atoms with Crippen molar-refractivity contribution in [1.82, 2.24) is 9.78 Å². The second kappa shape index (κ2) is 6.68. The zero-order valence-corrected chi connectivity index (χ0v) is 14.5. The van der Waals surface area contributed by atoms with Crippen LogP contribution in [0.3, 0.4) is 0 Å². The van der Waals surface area contributed by atoms with Crippen molar-refractivity contribution in [2.24, 2.45) is 0 Å². The van der Waals surface area contributed by atoms with E-state index in [0.717, 1.165) is 11.1 Å². The number of amides is 1. The maximum Gasteiger partial charge on any atom is 0.337 e. The molecule has 4 rings (SSSR count). The smallest absolute Gasteiger partial charge is 0.337 e. The van der Waals surface area contributed by atoms with Crippen molar-refractivity contribution in [1.29, 1.82) is 0 Å². The Labute approximate surface area is 154 Å². The van der Waals surface area contributed by atoms with Gasteiger partial charge in [-0.05, 0) is 42.0 Å². The van der Waals surface area contributed by atoms with Crippen LogP contribution in [0.1, 0.15) is 33.8 Å². The number of hydrogen-bond acceptors (Lipinski definition) is 4. The molecule has 3 aromatic rings. The van der Waals surface area contributed by atoms with Crippen molar-refractivity contribution < 1.29 is 18.7 Å². The topological polar surface area (TPSA) is 73.2 Å². The minimum absolute atomic E-state index is 0.131. The molecule has 0 unspecified atom stereocenters. The number of methoxy groups -OCH3 is 1. The highest BCUT2D eigenvalue weighted by molar-refractivity contribution is 5.95. The fourth-order valence-electron chi connectivity index (χ4n) is 3.26. The van der Waals surface area contributed by atoms with Crippen molar-refractivity contribution in [2.75, 3.05) is 12.4 Å². The fraction of sp³-hybridized carbons (Fsp3) is 0.150. The summed E-state index contributed by atoms with van der Waals surface area (Å²) in [6.07, 6.45) is 1.98. The number of nitrogens with zero attached hydrogens (tertiary/aromatic N) is 2.